The number of benzene rings is 2. The Kier molecular flexibility index (Phi) is 6.71. The zero-order chi connectivity index (χ0) is 17.0. The Morgan fingerprint density at radius 2 is 1.04 bits per heavy atom. The second-order valence-corrected chi connectivity index (χ2v) is 12.2. The maximum Gasteiger partial charge on any atom is -1.00 e. The predicted octanol–water partition coefficient (Wildman–Crippen LogP) is 0.141. The SMILES string of the molecule is [CH2]=[Zr+2]([C]1=C(C)c2ccccc2C1C)[C]1=C(C)c2ccccc2C1C.[Cl-].[Cl-]. The molecule has 2 aromatic carbocycles. The summed E-state index contributed by atoms with van der Waals surface area (Å²) >= 11 is -2.09. The quantitative estimate of drug-likeness (QED) is 0.596. The van der Waals surface area contributed by atoms with Crippen LogP contribution < -0.4 is 24.8 Å². The molecular formula is C23H24Cl2Zr. The first-order chi connectivity index (χ1) is 11.5. The van der Waals surface area contributed by atoms with E-state index in [0.29, 0.717) is 11.8 Å². The van der Waals surface area contributed by atoms with Crippen molar-refractivity contribution in [1.82, 2.24) is 0 Å². The van der Waals surface area contributed by atoms with Crippen molar-refractivity contribution in [2.45, 2.75) is 39.5 Å². The first kappa shape index (κ1) is 21.6. The molecule has 0 aromatic heterocycles. The normalized spacial score (nSPS) is 20.0. The van der Waals surface area contributed by atoms with Crippen molar-refractivity contribution in [3.05, 3.63) is 77.3 Å². The van der Waals surface area contributed by atoms with Gasteiger partial charge in [0, 0.05) is 0 Å². The van der Waals surface area contributed by atoms with E-state index in [9.17, 15) is 0 Å². The predicted molar refractivity (Wildman–Crippen MR) is 102 cm³/mol. The van der Waals surface area contributed by atoms with Crippen molar-refractivity contribution in [3.8, 4) is 0 Å². The van der Waals surface area contributed by atoms with Gasteiger partial charge in [0.15, 0.2) is 0 Å². The molecule has 3 heteroatoms. The molecular weight excluding hydrogens is 438 g/mol. The van der Waals surface area contributed by atoms with E-state index in [1.165, 1.54) is 33.4 Å². The zero-order valence-corrected chi connectivity index (χ0v) is 19.7. The van der Waals surface area contributed by atoms with E-state index in [4.69, 9.17) is 4.21 Å². The van der Waals surface area contributed by atoms with E-state index in [0.717, 1.165) is 0 Å². The maximum atomic E-state index is 4.85. The van der Waals surface area contributed by atoms with Crippen molar-refractivity contribution in [1.29, 1.82) is 0 Å². The molecule has 0 N–H and O–H groups in total. The van der Waals surface area contributed by atoms with Crippen molar-refractivity contribution in [2.75, 3.05) is 0 Å². The van der Waals surface area contributed by atoms with Crippen LogP contribution in [0.5, 0.6) is 0 Å². The maximum absolute atomic E-state index is 4.85. The fourth-order valence-corrected chi connectivity index (χ4v) is 11.7. The van der Waals surface area contributed by atoms with Gasteiger partial charge in [0.25, 0.3) is 0 Å². The number of hydrogen-bond acceptors (Lipinski definition) is 0. The third-order valence-corrected chi connectivity index (χ3v) is 13.2. The van der Waals surface area contributed by atoms with Crippen molar-refractivity contribution in [2.24, 2.45) is 0 Å². The summed E-state index contributed by atoms with van der Waals surface area (Å²) in [6.07, 6.45) is 0. The van der Waals surface area contributed by atoms with Gasteiger partial charge in [-0.15, -0.1) is 0 Å². The molecule has 0 saturated heterocycles. The summed E-state index contributed by atoms with van der Waals surface area (Å²) in [6.45, 7) is 9.43. The van der Waals surface area contributed by atoms with Crippen LogP contribution in [-0.2, 0) is 21.3 Å². The minimum atomic E-state index is -2.09. The van der Waals surface area contributed by atoms with E-state index in [-0.39, 0.29) is 24.8 Å². The second-order valence-electron chi connectivity index (χ2n) is 7.17. The number of halogens is 2. The van der Waals surface area contributed by atoms with Gasteiger partial charge in [0.1, 0.15) is 0 Å². The molecule has 2 atom stereocenters. The van der Waals surface area contributed by atoms with Crippen LogP contribution in [-0.4, -0.2) is 4.21 Å². The van der Waals surface area contributed by atoms with Gasteiger partial charge in [-0.3, -0.25) is 0 Å². The fourth-order valence-electron chi connectivity index (χ4n) is 4.80. The van der Waals surface area contributed by atoms with Crippen LogP contribution in [0.2, 0.25) is 0 Å². The van der Waals surface area contributed by atoms with Gasteiger partial charge >= 0.3 is 154 Å². The molecule has 0 radical (unpaired) electrons. The Bertz CT molecular complexity index is 861. The first-order valence-corrected chi connectivity index (χ1v) is 13.0. The summed E-state index contributed by atoms with van der Waals surface area (Å²) in [5.41, 5.74) is 8.98. The van der Waals surface area contributed by atoms with Gasteiger partial charge < -0.3 is 24.8 Å². The average molecular weight is 463 g/mol. The van der Waals surface area contributed by atoms with Gasteiger partial charge in [-0.1, -0.05) is 0 Å². The number of rotatable bonds is 2. The van der Waals surface area contributed by atoms with Crippen LogP contribution >= 0.6 is 0 Å². The molecule has 0 bridgehead atoms. The summed E-state index contributed by atoms with van der Waals surface area (Å²) < 4.78 is 8.25. The van der Waals surface area contributed by atoms with E-state index in [1.807, 2.05) is 0 Å². The molecule has 134 valence electrons. The summed E-state index contributed by atoms with van der Waals surface area (Å²) in [5.74, 6) is 1.09. The van der Waals surface area contributed by atoms with Crippen LogP contribution in [0, 0.1) is 0 Å². The molecule has 0 amide bonds. The Balaban J connectivity index is 0.00000121. The molecule has 0 heterocycles. The molecule has 4 rings (SSSR count). The average Bonchev–Trinajstić information content (AvgIpc) is 3.00. The van der Waals surface area contributed by atoms with Gasteiger partial charge in [0.05, 0.1) is 0 Å². The topological polar surface area (TPSA) is 0 Å². The van der Waals surface area contributed by atoms with Crippen molar-refractivity contribution >= 4 is 15.4 Å². The van der Waals surface area contributed by atoms with Crippen LogP contribution in [0.4, 0.5) is 0 Å². The van der Waals surface area contributed by atoms with Gasteiger partial charge in [-0.25, -0.2) is 0 Å². The van der Waals surface area contributed by atoms with Crippen molar-refractivity contribution in [3.63, 3.8) is 0 Å². The summed E-state index contributed by atoms with van der Waals surface area (Å²) in [7, 11) is 0. The minimum absolute atomic E-state index is 0. The van der Waals surface area contributed by atoms with Gasteiger partial charge in [-0.05, 0) is 0 Å². The molecule has 0 spiro atoms. The standard InChI is InChI=1S/2C11H11.CH2.2ClH.Zr/c2*1-8-7-9(2)11-6-4-3-5-10(8)11;;;;/h2*3-6,8H,1-2H3;1H2;2*1H;/q;;;;;+2/p-2. The molecule has 0 aliphatic heterocycles. The molecule has 2 aliphatic carbocycles. The van der Waals surface area contributed by atoms with Crippen LogP contribution in [0.1, 0.15) is 61.8 Å². The number of hydrogen-bond donors (Lipinski definition) is 0. The van der Waals surface area contributed by atoms with Crippen LogP contribution in [0.15, 0.2) is 55.1 Å². The number of fused-ring (bicyclic) bond motifs is 2. The minimum Gasteiger partial charge on any atom is -1.00 e. The largest absolute Gasteiger partial charge is 1.00 e. The summed E-state index contributed by atoms with van der Waals surface area (Å²) in [5, 5.41) is 0. The third-order valence-electron chi connectivity index (χ3n) is 5.99. The van der Waals surface area contributed by atoms with E-state index >= 15 is 0 Å². The zero-order valence-electron chi connectivity index (χ0n) is 15.7. The Morgan fingerprint density at radius 1 is 0.692 bits per heavy atom. The Morgan fingerprint density at radius 3 is 1.38 bits per heavy atom. The smallest absolute Gasteiger partial charge is 1.00 e. The summed E-state index contributed by atoms with van der Waals surface area (Å²) in [6, 6.07) is 17.9. The first-order valence-electron chi connectivity index (χ1n) is 8.82. The van der Waals surface area contributed by atoms with E-state index < -0.39 is 21.3 Å². The molecule has 2 unspecified atom stereocenters. The molecule has 2 aliphatic rings. The van der Waals surface area contributed by atoms with Gasteiger partial charge in [-0.2, -0.15) is 0 Å². The summed E-state index contributed by atoms with van der Waals surface area (Å²) in [4.78, 5) is 0. The molecule has 0 saturated carbocycles. The van der Waals surface area contributed by atoms with E-state index in [1.54, 1.807) is 6.56 Å². The van der Waals surface area contributed by atoms with Gasteiger partial charge in [0.2, 0.25) is 0 Å². The molecule has 26 heavy (non-hydrogen) atoms. The molecule has 0 nitrogen and oxygen atoms in total. The monoisotopic (exact) mass is 460 g/mol. The number of allylic oxidation sites excluding steroid dienone is 4. The Labute approximate surface area is 177 Å². The third kappa shape index (κ3) is 3.07. The van der Waals surface area contributed by atoms with Crippen LogP contribution in [0.25, 0.3) is 11.1 Å². The van der Waals surface area contributed by atoms with Crippen molar-refractivity contribution < 1.29 is 46.1 Å². The molecule has 2 aromatic rings. The molecule has 0 fully saturated rings. The Hall–Kier alpha value is -0.747. The van der Waals surface area contributed by atoms with Crippen LogP contribution in [0.3, 0.4) is 0 Å². The van der Waals surface area contributed by atoms with E-state index in [2.05, 4.69) is 76.2 Å². The fraction of sp³-hybridized carbons (Fsp3) is 0.261. The second kappa shape index (κ2) is 8.09.